The van der Waals surface area contributed by atoms with Crippen LogP contribution in [-0.2, 0) is 9.63 Å². The molecule has 1 saturated carbocycles. The van der Waals surface area contributed by atoms with Crippen LogP contribution in [0.2, 0.25) is 10.0 Å². The van der Waals surface area contributed by atoms with E-state index in [1.54, 1.807) is 24.3 Å². The lowest BCUT2D eigenvalue weighted by molar-refractivity contribution is -0.149. The molecule has 0 heterocycles. The molecule has 5 heteroatoms. The van der Waals surface area contributed by atoms with Gasteiger partial charge in [-0.3, -0.25) is 0 Å². The Morgan fingerprint density at radius 1 is 0.840 bits per heavy atom. The van der Waals surface area contributed by atoms with Crippen LogP contribution in [0, 0.1) is 5.92 Å². The maximum absolute atomic E-state index is 12.3. The standard InChI is InChI=1S/C20H19Cl2NO2/c21-17-10-6-14(7-11-17)19(15-8-12-18(22)13-9-15)23-25-20(24)16-4-2-1-3-5-16/h6-13,16H,1-5H2. The van der Waals surface area contributed by atoms with Crippen molar-refractivity contribution in [3.05, 3.63) is 69.7 Å². The Balaban J connectivity index is 1.86. The van der Waals surface area contributed by atoms with Crippen LogP contribution in [0.15, 0.2) is 53.7 Å². The maximum atomic E-state index is 12.3. The van der Waals surface area contributed by atoms with Gasteiger partial charge in [-0.15, -0.1) is 0 Å². The molecule has 0 radical (unpaired) electrons. The monoisotopic (exact) mass is 375 g/mol. The van der Waals surface area contributed by atoms with E-state index >= 15 is 0 Å². The highest BCUT2D eigenvalue weighted by atomic mass is 35.5. The van der Waals surface area contributed by atoms with Crippen LogP contribution in [0.3, 0.4) is 0 Å². The van der Waals surface area contributed by atoms with Gasteiger partial charge in [-0.1, -0.05) is 71.9 Å². The number of carbonyl (C=O) groups is 1. The van der Waals surface area contributed by atoms with E-state index in [-0.39, 0.29) is 11.9 Å². The molecule has 3 nitrogen and oxygen atoms in total. The molecule has 0 saturated heterocycles. The molecule has 2 aromatic rings. The average molecular weight is 376 g/mol. The lowest BCUT2D eigenvalue weighted by atomic mass is 9.89. The average Bonchev–Trinajstić information content (AvgIpc) is 2.65. The van der Waals surface area contributed by atoms with Crippen molar-refractivity contribution in [2.75, 3.05) is 0 Å². The van der Waals surface area contributed by atoms with Gasteiger partial charge in [0.15, 0.2) is 0 Å². The largest absolute Gasteiger partial charge is 0.338 e. The van der Waals surface area contributed by atoms with E-state index < -0.39 is 0 Å². The Morgan fingerprint density at radius 3 is 1.80 bits per heavy atom. The second-order valence-electron chi connectivity index (χ2n) is 6.20. The van der Waals surface area contributed by atoms with Gasteiger partial charge in [0.05, 0.1) is 5.92 Å². The minimum atomic E-state index is -0.250. The summed E-state index contributed by atoms with van der Waals surface area (Å²) in [5.74, 6) is -0.297. The third-order valence-corrected chi connectivity index (χ3v) is 4.90. The molecule has 0 N–H and O–H groups in total. The van der Waals surface area contributed by atoms with Crippen molar-refractivity contribution in [3.8, 4) is 0 Å². The minimum absolute atomic E-state index is 0.0471. The zero-order valence-electron chi connectivity index (χ0n) is 13.8. The molecule has 1 fully saturated rings. The predicted octanol–water partition coefficient (Wildman–Crippen LogP) is 5.87. The van der Waals surface area contributed by atoms with E-state index in [1.807, 2.05) is 24.3 Å². The number of carbonyl (C=O) groups excluding carboxylic acids is 1. The maximum Gasteiger partial charge on any atom is 0.338 e. The Bertz CT molecular complexity index is 701. The highest BCUT2D eigenvalue weighted by Gasteiger charge is 2.23. The van der Waals surface area contributed by atoms with Crippen LogP contribution in [0.4, 0.5) is 0 Å². The number of rotatable bonds is 4. The number of hydrogen-bond acceptors (Lipinski definition) is 3. The molecule has 0 unspecified atom stereocenters. The quantitative estimate of drug-likeness (QED) is 0.380. The van der Waals surface area contributed by atoms with Crippen molar-refractivity contribution in [2.45, 2.75) is 32.1 Å². The van der Waals surface area contributed by atoms with E-state index in [4.69, 9.17) is 28.0 Å². The zero-order chi connectivity index (χ0) is 17.6. The zero-order valence-corrected chi connectivity index (χ0v) is 15.3. The van der Waals surface area contributed by atoms with Gasteiger partial charge < -0.3 is 4.84 Å². The summed E-state index contributed by atoms with van der Waals surface area (Å²) in [6, 6.07) is 14.5. The first-order valence-corrected chi connectivity index (χ1v) is 9.20. The summed E-state index contributed by atoms with van der Waals surface area (Å²) in [4.78, 5) is 17.6. The van der Waals surface area contributed by atoms with Gasteiger partial charge in [0, 0.05) is 21.2 Å². The van der Waals surface area contributed by atoms with Gasteiger partial charge >= 0.3 is 5.97 Å². The molecular formula is C20H19Cl2NO2. The third kappa shape index (κ3) is 4.83. The molecule has 1 aliphatic carbocycles. The number of benzene rings is 2. The summed E-state index contributed by atoms with van der Waals surface area (Å²) in [5.41, 5.74) is 2.23. The highest BCUT2D eigenvalue weighted by molar-refractivity contribution is 6.31. The van der Waals surface area contributed by atoms with E-state index in [2.05, 4.69) is 5.16 Å². The predicted molar refractivity (Wildman–Crippen MR) is 101 cm³/mol. The molecule has 0 aromatic heterocycles. The second-order valence-corrected chi connectivity index (χ2v) is 7.07. The van der Waals surface area contributed by atoms with Gasteiger partial charge in [-0.05, 0) is 37.1 Å². The van der Waals surface area contributed by atoms with Crippen molar-refractivity contribution < 1.29 is 9.63 Å². The van der Waals surface area contributed by atoms with Crippen LogP contribution in [0.5, 0.6) is 0 Å². The van der Waals surface area contributed by atoms with Crippen LogP contribution in [-0.4, -0.2) is 11.7 Å². The molecule has 2 aromatic carbocycles. The smallest absolute Gasteiger partial charge is 0.317 e. The Hall–Kier alpha value is -1.84. The van der Waals surface area contributed by atoms with Crippen molar-refractivity contribution >= 4 is 34.9 Å². The normalized spacial score (nSPS) is 14.8. The second kappa shape index (κ2) is 8.50. The molecule has 0 aliphatic heterocycles. The summed E-state index contributed by atoms with van der Waals surface area (Å²) in [7, 11) is 0. The molecule has 130 valence electrons. The van der Waals surface area contributed by atoms with Gasteiger partial charge in [-0.2, -0.15) is 0 Å². The van der Waals surface area contributed by atoms with Gasteiger partial charge in [-0.25, -0.2) is 4.79 Å². The Labute approximate surface area is 157 Å². The lowest BCUT2D eigenvalue weighted by Crippen LogP contribution is -2.19. The van der Waals surface area contributed by atoms with Crippen molar-refractivity contribution in [3.63, 3.8) is 0 Å². The van der Waals surface area contributed by atoms with Crippen LogP contribution >= 0.6 is 23.2 Å². The van der Waals surface area contributed by atoms with Crippen molar-refractivity contribution in [1.82, 2.24) is 0 Å². The number of hydrogen-bond donors (Lipinski definition) is 0. The lowest BCUT2D eigenvalue weighted by Gasteiger charge is -2.18. The molecule has 0 bridgehead atoms. The van der Waals surface area contributed by atoms with E-state index in [0.29, 0.717) is 15.8 Å². The molecule has 25 heavy (non-hydrogen) atoms. The fraction of sp³-hybridized carbons (Fsp3) is 0.300. The van der Waals surface area contributed by atoms with Crippen LogP contribution in [0.25, 0.3) is 0 Å². The third-order valence-electron chi connectivity index (χ3n) is 4.40. The summed E-state index contributed by atoms with van der Waals surface area (Å²) in [6.45, 7) is 0. The molecule has 1 aliphatic rings. The first-order valence-electron chi connectivity index (χ1n) is 8.44. The summed E-state index contributed by atoms with van der Waals surface area (Å²) in [5, 5.41) is 5.45. The summed E-state index contributed by atoms with van der Waals surface area (Å²) >= 11 is 11.9. The topological polar surface area (TPSA) is 38.7 Å². The number of halogens is 2. The van der Waals surface area contributed by atoms with Crippen LogP contribution in [0.1, 0.15) is 43.2 Å². The van der Waals surface area contributed by atoms with Crippen molar-refractivity contribution in [1.29, 1.82) is 0 Å². The van der Waals surface area contributed by atoms with Crippen molar-refractivity contribution in [2.24, 2.45) is 11.1 Å². The molecule has 0 spiro atoms. The number of nitrogens with zero attached hydrogens (tertiary/aromatic N) is 1. The Morgan fingerprint density at radius 2 is 1.32 bits per heavy atom. The first-order chi connectivity index (χ1) is 12.1. The fourth-order valence-corrected chi connectivity index (χ4v) is 3.24. The minimum Gasteiger partial charge on any atom is -0.317 e. The molecule has 3 rings (SSSR count). The van der Waals surface area contributed by atoms with E-state index in [1.165, 1.54) is 6.42 Å². The molecule has 0 atom stereocenters. The van der Waals surface area contributed by atoms with Gasteiger partial charge in [0.25, 0.3) is 0 Å². The summed E-state index contributed by atoms with van der Waals surface area (Å²) in [6.07, 6.45) is 5.10. The SMILES string of the molecule is O=C(ON=C(c1ccc(Cl)cc1)c1ccc(Cl)cc1)C1CCCCC1. The fourth-order valence-electron chi connectivity index (χ4n) is 2.99. The highest BCUT2D eigenvalue weighted by Crippen LogP contribution is 2.25. The molecular weight excluding hydrogens is 357 g/mol. The van der Waals surface area contributed by atoms with Gasteiger partial charge in [0.1, 0.15) is 5.71 Å². The summed E-state index contributed by atoms with van der Waals surface area (Å²) < 4.78 is 0. The number of oxime groups is 1. The Kier molecular flexibility index (Phi) is 6.11. The van der Waals surface area contributed by atoms with Crippen LogP contribution < -0.4 is 0 Å². The van der Waals surface area contributed by atoms with E-state index in [0.717, 1.165) is 36.8 Å². The van der Waals surface area contributed by atoms with Gasteiger partial charge in [0.2, 0.25) is 0 Å². The van der Waals surface area contributed by atoms with E-state index in [9.17, 15) is 4.79 Å². The first kappa shape index (κ1) is 18.0. The molecule has 0 amide bonds.